The summed E-state index contributed by atoms with van der Waals surface area (Å²) in [4.78, 5) is 11.5. The molecule has 2 aromatic rings. The molecule has 1 N–H and O–H groups in total. The maximum atomic E-state index is 11.5. The molecule has 0 aromatic heterocycles. The fourth-order valence-corrected chi connectivity index (χ4v) is 1.92. The molecule has 4 nitrogen and oxygen atoms in total. The number of ether oxygens (including phenoxy) is 1. The summed E-state index contributed by atoms with van der Waals surface area (Å²) >= 11 is 0. The molecule has 0 heterocycles. The van der Waals surface area contributed by atoms with Crippen LogP contribution in [0.15, 0.2) is 48.5 Å². The van der Waals surface area contributed by atoms with Crippen molar-refractivity contribution in [3.63, 3.8) is 0 Å². The molecule has 0 bridgehead atoms. The van der Waals surface area contributed by atoms with E-state index in [1.807, 2.05) is 30.3 Å². The molecule has 106 valence electrons. The predicted octanol–water partition coefficient (Wildman–Crippen LogP) is 3.35. The van der Waals surface area contributed by atoms with E-state index in [0.717, 1.165) is 11.3 Å². The maximum Gasteiger partial charge on any atom is 0.338 e. The Bertz CT molecular complexity index is 657. The van der Waals surface area contributed by atoms with Gasteiger partial charge in [0, 0.05) is 12.2 Å². The van der Waals surface area contributed by atoms with Crippen molar-refractivity contribution in [2.75, 3.05) is 11.9 Å². The lowest BCUT2D eigenvalue weighted by Gasteiger charge is -2.08. The van der Waals surface area contributed by atoms with E-state index < -0.39 is 0 Å². The minimum atomic E-state index is -0.320. The number of nitriles is 1. The van der Waals surface area contributed by atoms with Gasteiger partial charge < -0.3 is 10.1 Å². The van der Waals surface area contributed by atoms with Gasteiger partial charge in [-0.2, -0.15) is 5.26 Å². The lowest BCUT2D eigenvalue weighted by molar-refractivity contribution is 0.0526. The van der Waals surface area contributed by atoms with Crippen LogP contribution in [0.2, 0.25) is 0 Å². The summed E-state index contributed by atoms with van der Waals surface area (Å²) < 4.78 is 4.93. The molecule has 0 fully saturated rings. The second-order valence-corrected chi connectivity index (χ2v) is 4.42. The monoisotopic (exact) mass is 280 g/mol. The molecule has 2 aromatic carbocycles. The zero-order valence-corrected chi connectivity index (χ0v) is 11.8. The van der Waals surface area contributed by atoms with Gasteiger partial charge in [-0.25, -0.2) is 4.79 Å². The Labute approximate surface area is 124 Å². The number of rotatable bonds is 5. The number of benzene rings is 2. The van der Waals surface area contributed by atoms with Crippen molar-refractivity contribution in [3.8, 4) is 6.07 Å². The van der Waals surface area contributed by atoms with Crippen LogP contribution in [-0.4, -0.2) is 12.6 Å². The average Bonchev–Trinajstić information content (AvgIpc) is 2.54. The van der Waals surface area contributed by atoms with Crippen molar-refractivity contribution in [2.24, 2.45) is 0 Å². The first-order valence-corrected chi connectivity index (χ1v) is 6.73. The number of carbonyl (C=O) groups excluding carboxylic acids is 1. The van der Waals surface area contributed by atoms with E-state index in [9.17, 15) is 4.79 Å². The minimum Gasteiger partial charge on any atom is -0.462 e. The van der Waals surface area contributed by atoms with Crippen LogP contribution in [0.5, 0.6) is 0 Å². The van der Waals surface area contributed by atoms with E-state index in [4.69, 9.17) is 10.00 Å². The number of carbonyl (C=O) groups is 1. The second-order valence-electron chi connectivity index (χ2n) is 4.42. The van der Waals surface area contributed by atoms with Gasteiger partial charge in [0.05, 0.1) is 23.8 Å². The highest BCUT2D eigenvalue weighted by Gasteiger charge is 2.06. The quantitative estimate of drug-likeness (QED) is 0.853. The molecule has 4 heteroatoms. The summed E-state index contributed by atoms with van der Waals surface area (Å²) in [6.07, 6.45) is 0. The molecule has 0 saturated carbocycles. The number of hydrogen-bond donors (Lipinski definition) is 1. The van der Waals surface area contributed by atoms with Gasteiger partial charge >= 0.3 is 5.97 Å². The van der Waals surface area contributed by atoms with Crippen LogP contribution in [0.4, 0.5) is 5.69 Å². The average molecular weight is 280 g/mol. The number of anilines is 1. The third-order valence-electron chi connectivity index (χ3n) is 3.02. The van der Waals surface area contributed by atoms with Crippen LogP contribution in [0, 0.1) is 11.3 Å². The smallest absolute Gasteiger partial charge is 0.338 e. The highest BCUT2D eigenvalue weighted by Crippen LogP contribution is 2.14. The molecule has 0 radical (unpaired) electrons. The van der Waals surface area contributed by atoms with Crippen molar-refractivity contribution in [1.29, 1.82) is 5.26 Å². The van der Waals surface area contributed by atoms with Crippen LogP contribution < -0.4 is 5.32 Å². The fourth-order valence-electron chi connectivity index (χ4n) is 1.92. The van der Waals surface area contributed by atoms with Gasteiger partial charge in [0.15, 0.2) is 0 Å². The summed E-state index contributed by atoms with van der Waals surface area (Å²) in [6.45, 7) is 2.70. The first-order valence-electron chi connectivity index (χ1n) is 6.73. The van der Waals surface area contributed by atoms with E-state index in [1.54, 1.807) is 25.1 Å². The number of nitrogens with one attached hydrogen (secondary N) is 1. The Balaban J connectivity index is 2.01. The molecule has 0 atom stereocenters. The van der Waals surface area contributed by atoms with Crippen molar-refractivity contribution in [2.45, 2.75) is 13.5 Å². The summed E-state index contributed by atoms with van der Waals surface area (Å²) in [7, 11) is 0. The third-order valence-corrected chi connectivity index (χ3v) is 3.02. The molecular formula is C17H16N2O2. The molecule has 0 aliphatic rings. The Morgan fingerprint density at radius 1 is 1.19 bits per heavy atom. The molecule has 2 rings (SSSR count). The SMILES string of the molecule is CCOC(=O)c1ccc(NCc2ccccc2C#N)cc1. The molecule has 0 aliphatic heterocycles. The van der Waals surface area contributed by atoms with Gasteiger partial charge in [-0.3, -0.25) is 0 Å². The predicted molar refractivity (Wildman–Crippen MR) is 80.9 cm³/mol. The second kappa shape index (κ2) is 7.11. The highest BCUT2D eigenvalue weighted by molar-refractivity contribution is 5.89. The Morgan fingerprint density at radius 3 is 2.57 bits per heavy atom. The summed E-state index contributed by atoms with van der Waals surface area (Å²) in [6, 6.07) is 16.7. The zero-order chi connectivity index (χ0) is 15.1. The number of nitrogens with zero attached hydrogens (tertiary/aromatic N) is 1. The van der Waals surface area contributed by atoms with Gasteiger partial charge in [-0.15, -0.1) is 0 Å². The van der Waals surface area contributed by atoms with E-state index in [0.29, 0.717) is 24.3 Å². The van der Waals surface area contributed by atoms with Crippen molar-refractivity contribution in [3.05, 3.63) is 65.2 Å². The standard InChI is InChI=1S/C17H16N2O2/c1-2-21-17(20)13-7-9-16(10-8-13)19-12-15-6-4-3-5-14(15)11-18/h3-10,19H,2,12H2,1H3. The summed E-state index contributed by atoms with van der Waals surface area (Å²) in [5.74, 6) is -0.320. The largest absolute Gasteiger partial charge is 0.462 e. The molecule has 0 spiro atoms. The number of esters is 1. The van der Waals surface area contributed by atoms with Gasteiger partial charge in [-0.1, -0.05) is 18.2 Å². The molecule has 21 heavy (non-hydrogen) atoms. The van der Waals surface area contributed by atoms with E-state index >= 15 is 0 Å². The molecular weight excluding hydrogens is 264 g/mol. The molecule has 0 saturated heterocycles. The molecule has 0 amide bonds. The van der Waals surface area contributed by atoms with Crippen LogP contribution >= 0.6 is 0 Å². The molecule has 0 unspecified atom stereocenters. The number of hydrogen-bond acceptors (Lipinski definition) is 4. The lowest BCUT2D eigenvalue weighted by Crippen LogP contribution is -2.05. The normalized spacial score (nSPS) is 9.71. The fraction of sp³-hybridized carbons (Fsp3) is 0.176. The van der Waals surface area contributed by atoms with Crippen molar-refractivity contribution in [1.82, 2.24) is 0 Å². The van der Waals surface area contributed by atoms with Gasteiger partial charge in [0.25, 0.3) is 0 Å². The van der Waals surface area contributed by atoms with Gasteiger partial charge in [0.1, 0.15) is 0 Å². The maximum absolute atomic E-state index is 11.5. The van der Waals surface area contributed by atoms with E-state index in [2.05, 4.69) is 11.4 Å². The first-order chi connectivity index (χ1) is 10.2. The summed E-state index contributed by atoms with van der Waals surface area (Å²) in [5.41, 5.74) is 3.01. The van der Waals surface area contributed by atoms with Crippen molar-refractivity contribution >= 4 is 11.7 Å². The summed E-state index contributed by atoms with van der Waals surface area (Å²) in [5, 5.41) is 12.3. The van der Waals surface area contributed by atoms with E-state index in [1.165, 1.54) is 0 Å². The topological polar surface area (TPSA) is 62.1 Å². The Kier molecular flexibility index (Phi) is 4.94. The van der Waals surface area contributed by atoms with Gasteiger partial charge in [-0.05, 0) is 42.8 Å². The highest BCUT2D eigenvalue weighted by atomic mass is 16.5. The lowest BCUT2D eigenvalue weighted by atomic mass is 10.1. The van der Waals surface area contributed by atoms with Gasteiger partial charge in [0.2, 0.25) is 0 Å². The van der Waals surface area contributed by atoms with Crippen LogP contribution in [0.25, 0.3) is 0 Å². The van der Waals surface area contributed by atoms with E-state index in [-0.39, 0.29) is 5.97 Å². The first kappa shape index (κ1) is 14.6. The third kappa shape index (κ3) is 3.83. The van der Waals surface area contributed by atoms with Crippen LogP contribution in [0.1, 0.15) is 28.4 Å². The minimum absolute atomic E-state index is 0.320. The molecule has 0 aliphatic carbocycles. The van der Waals surface area contributed by atoms with Crippen LogP contribution in [-0.2, 0) is 11.3 Å². The van der Waals surface area contributed by atoms with Crippen molar-refractivity contribution < 1.29 is 9.53 Å². The Hall–Kier alpha value is -2.80. The zero-order valence-electron chi connectivity index (χ0n) is 11.8. The van der Waals surface area contributed by atoms with Crippen LogP contribution in [0.3, 0.4) is 0 Å². The Morgan fingerprint density at radius 2 is 1.90 bits per heavy atom.